The molecule has 1 aromatic rings. The number of hydrogen-bond acceptors (Lipinski definition) is 4. The summed E-state index contributed by atoms with van der Waals surface area (Å²) in [6.45, 7) is 2.52. The van der Waals surface area contributed by atoms with Gasteiger partial charge in [-0.05, 0) is 6.92 Å². The molecule has 14 heavy (non-hydrogen) atoms. The average molecular weight is 195 g/mol. The number of carbonyl (C=O) groups is 1. The third kappa shape index (κ3) is 1.77. The zero-order valence-corrected chi connectivity index (χ0v) is 7.99. The van der Waals surface area contributed by atoms with Crippen LogP contribution >= 0.6 is 0 Å². The van der Waals surface area contributed by atoms with Crippen LogP contribution in [-0.2, 0) is 9.53 Å². The van der Waals surface area contributed by atoms with Crippen molar-refractivity contribution in [2.24, 2.45) is 0 Å². The monoisotopic (exact) mass is 195 g/mol. The normalized spacial score (nSPS) is 23.5. The Bertz CT molecular complexity index is 310. The standard InChI is InChI=1S/C9H13N3O2/c1-6(7-4-10-11-5-7)12-8-2-3-14-9(8)13/h4-6,8,12H,2-3H2,1H3,(H,10,11). The predicted octanol–water partition coefficient (Wildman–Crippen LogP) is 0.376. The molecule has 2 unspecified atom stereocenters. The maximum Gasteiger partial charge on any atom is 0.323 e. The van der Waals surface area contributed by atoms with Crippen LogP contribution in [0.1, 0.15) is 24.9 Å². The molecule has 2 heterocycles. The highest BCUT2D eigenvalue weighted by molar-refractivity contribution is 5.77. The van der Waals surface area contributed by atoms with E-state index in [1.807, 2.05) is 13.1 Å². The summed E-state index contributed by atoms with van der Waals surface area (Å²) in [5.74, 6) is -0.152. The van der Waals surface area contributed by atoms with E-state index in [-0.39, 0.29) is 18.1 Å². The van der Waals surface area contributed by atoms with Crippen molar-refractivity contribution in [1.82, 2.24) is 15.5 Å². The second kappa shape index (κ2) is 3.79. The number of aromatic nitrogens is 2. The van der Waals surface area contributed by atoms with Crippen molar-refractivity contribution in [3.05, 3.63) is 18.0 Å². The summed E-state index contributed by atoms with van der Waals surface area (Å²) in [5.41, 5.74) is 1.05. The topological polar surface area (TPSA) is 67.0 Å². The van der Waals surface area contributed by atoms with Crippen LogP contribution < -0.4 is 5.32 Å². The number of carbonyl (C=O) groups excluding carboxylic acids is 1. The van der Waals surface area contributed by atoms with Gasteiger partial charge in [-0.3, -0.25) is 15.2 Å². The third-order valence-electron chi connectivity index (χ3n) is 2.41. The molecule has 0 aromatic carbocycles. The van der Waals surface area contributed by atoms with Crippen molar-refractivity contribution in [3.8, 4) is 0 Å². The second-order valence-electron chi connectivity index (χ2n) is 3.43. The summed E-state index contributed by atoms with van der Waals surface area (Å²) >= 11 is 0. The number of cyclic esters (lactones) is 1. The molecule has 0 bridgehead atoms. The van der Waals surface area contributed by atoms with Gasteiger partial charge in [0.1, 0.15) is 6.04 Å². The van der Waals surface area contributed by atoms with E-state index in [9.17, 15) is 4.79 Å². The summed E-state index contributed by atoms with van der Waals surface area (Å²) in [6, 6.07) is -0.0516. The van der Waals surface area contributed by atoms with E-state index in [4.69, 9.17) is 4.74 Å². The molecular formula is C9H13N3O2. The molecular weight excluding hydrogens is 182 g/mol. The Morgan fingerprint density at radius 1 is 1.79 bits per heavy atom. The fourth-order valence-electron chi connectivity index (χ4n) is 1.54. The Labute approximate surface area is 81.8 Å². The van der Waals surface area contributed by atoms with Crippen LogP contribution in [0.15, 0.2) is 12.4 Å². The largest absolute Gasteiger partial charge is 0.464 e. The number of nitrogens with one attached hydrogen (secondary N) is 2. The Morgan fingerprint density at radius 3 is 3.21 bits per heavy atom. The Kier molecular flexibility index (Phi) is 2.49. The number of H-pyrrole nitrogens is 1. The van der Waals surface area contributed by atoms with Crippen LogP contribution in [0.5, 0.6) is 0 Å². The highest BCUT2D eigenvalue weighted by Crippen LogP contribution is 2.14. The lowest BCUT2D eigenvalue weighted by molar-refractivity contribution is -0.139. The molecule has 1 aliphatic heterocycles. The molecule has 1 saturated heterocycles. The molecule has 2 atom stereocenters. The smallest absolute Gasteiger partial charge is 0.323 e. The van der Waals surface area contributed by atoms with Crippen LogP contribution in [0.2, 0.25) is 0 Å². The fraction of sp³-hybridized carbons (Fsp3) is 0.556. The highest BCUT2D eigenvalue weighted by atomic mass is 16.5. The first-order valence-electron chi connectivity index (χ1n) is 4.69. The quantitative estimate of drug-likeness (QED) is 0.684. The van der Waals surface area contributed by atoms with Gasteiger partial charge in [0.15, 0.2) is 0 Å². The molecule has 1 aliphatic rings. The van der Waals surface area contributed by atoms with Gasteiger partial charge in [-0.15, -0.1) is 0 Å². The molecule has 0 spiro atoms. The van der Waals surface area contributed by atoms with Crippen molar-refractivity contribution in [2.75, 3.05) is 6.61 Å². The van der Waals surface area contributed by atoms with E-state index in [1.165, 1.54) is 0 Å². The third-order valence-corrected chi connectivity index (χ3v) is 2.41. The first kappa shape index (κ1) is 9.21. The van der Waals surface area contributed by atoms with E-state index < -0.39 is 0 Å². The number of rotatable bonds is 3. The number of esters is 1. The highest BCUT2D eigenvalue weighted by Gasteiger charge is 2.27. The Balaban J connectivity index is 1.94. The molecule has 0 radical (unpaired) electrons. The molecule has 2 N–H and O–H groups in total. The minimum Gasteiger partial charge on any atom is -0.464 e. The Morgan fingerprint density at radius 2 is 2.64 bits per heavy atom. The second-order valence-corrected chi connectivity index (χ2v) is 3.43. The van der Waals surface area contributed by atoms with Crippen LogP contribution in [0.3, 0.4) is 0 Å². The molecule has 1 fully saturated rings. The summed E-state index contributed by atoms with van der Waals surface area (Å²) in [6.07, 6.45) is 4.32. The zero-order valence-electron chi connectivity index (χ0n) is 7.99. The van der Waals surface area contributed by atoms with Gasteiger partial charge in [0.25, 0.3) is 0 Å². The van der Waals surface area contributed by atoms with Crippen molar-refractivity contribution in [3.63, 3.8) is 0 Å². The molecule has 0 saturated carbocycles. The molecule has 0 amide bonds. The lowest BCUT2D eigenvalue weighted by Crippen LogP contribution is -2.34. The van der Waals surface area contributed by atoms with Gasteiger partial charge in [-0.1, -0.05) is 0 Å². The minimum absolute atomic E-state index is 0.115. The van der Waals surface area contributed by atoms with Gasteiger partial charge >= 0.3 is 5.97 Å². The average Bonchev–Trinajstić information content (AvgIpc) is 2.77. The summed E-state index contributed by atoms with van der Waals surface area (Å²) in [7, 11) is 0. The van der Waals surface area contributed by atoms with Gasteiger partial charge in [0.2, 0.25) is 0 Å². The van der Waals surface area contributed by atoms with Gasteiger partial charge in [0, 0.05) is 24.2 Å². The van der Waals surface area contributed by atoms with Crippen molar-refractivity contribution < 1.29 is 9.53 Å². The van der Waals surface area contributed by atoms with Gasteiger partial charge < -0.3 is 4.74 Å². The summed E-state index contributed by atoms with van der Waals surface area (Å²) < 4.78 is 4.86. The van der Waals surface area contributed by atoms with Crippen LogP contribution in [0.25, 0.3) is 0 Å². The van der Waals surface area contributed by atoms with Gasteiger partial charge in [-0.2, -0.15) is 5.10 Å². The van der Waals surface area contributed by atoms with E-state index in [0.717, 1.165) is 12.0 Å². The van der Waals surface area contributed by atoms with E-state index in [0.29, 0.717) is 6.61 Å². The number of aromatic amines is 1. The SMILES string of the molecule is CC(NC1CCOC1=O)c1cn[nH]c1. The van der Waals surface area contributed by atoms with E-state index in [1.54, 1.807) is 6.20 Å². The van der Waals surface area contributed by atoms with Crippen molar-refractivity contribution in [1.29, 1.82) is 0 Å². The number of ether oxygens (including phenoxy) is 1. The zero-order chi connectivity index (χ0) is 9.97. The van der Waals surface area contributed by atoms with Crippen molar-refractivity contribution >= 4 is 5.97 Å². The van der Waals surface area contributed by atoms with Crippen LogP contribution in [-0.4, -0.2) is 28.8 Å². The van der Waals surface area contributed by atoms with E-state index >= 15 is 0 Å². The fourth-order valence-corrected chi connectivity index (χ4v) is 1.54. The molecule has 2 rings (SSSR count). The molecule has 0 aliphatic carbocycles. The van der Waals surface area contributed by atoms with Crippen LogP contribution in [0.4, 0.5) is 0 Å². The van der Waals surface area contributed by atoms with Gasteiger partial charge in [-0.25, -0.2) is 0 Å². The molecule has 1 aromatic heterocycles. The first-order valence-corrected chi connectivity index (χ1v) is 4.69. The maximum absolute atomic E-state index is 11.2. The summed E-state index contributed by atoms with van der Waals surface area (Å²) in [4.78, 5) is 11.2. The molecule has 5 heteroatoms. The van der Waals surface area contributed by atoms with Crippen LogP contribution in [0, 0.1) is 0 Å². The molecule has 76 valence electrons. The number of hydrogen-bond donors (Lipinski definition) is 2. The lowest BCUT2D eigenvalue weighted by Gasteiger charge is -2.14. The minimum atomic E-state index is -0.167. The van der Waals surface area contributed by atoms with Gasteiger partial charge in [0.05, 0.1) is 12.8 Å². The van der Waals surface area contributed by atoms with Crippen molar-refractivity contribution in [2.45, 2.75) is 25.4 Å². The summed E-state index contributed by atoms with van der Waals surface area (Å²) in [5, 5.41) is 9.79. The predicted molar refractivity (Wildman–Crippen MR) is 49.5 cm³/mol. The first-order chi connectivity index (χ1) is 6.77. The maximum atomic E-state index is 11.2. The number of nitrogens with zero attached hydrogens (tertiary/aromatic N) is 1. The molecule has 5 nitrogen and oxygen atoms in total. The Hall–Kier alpha value is -1.36. The van der Waals surface area contributed by atoms with E-state index in [2.05, 4.69) is 15.5 Å². The lowest BCUT2D eigenvalue weighted by atomic mass is 10.1.